The molecule has 7 amide bonds. The second-order valence-electron chi connectivity index (χ2n) is 18.2. The number of rotatable bonds is 36. The van der Waals surface area contributed by atoms with Gasteiger partial charge in [0.1, 0.15) is 30.2 Å². The highest BCUT2D eigenvalue weighted by Gasteiger charge is 2.31. The molecule has 1 fully saturated rings. The third-order valence-electron chi connectivity index (χ3n) is 11.8. The van der Waals surface area contributed by atoms with Gasteiger partial charge in [-0.2, -0.15) is 0 Å². The number of carbonyl (C=O) groups excluding carboxylic acids is 6. The van der Waals surface area contributed by atoms with E-state index in [4.69, 9.17) is 16.6 Å². The number of hydrogen-bond acceptors (Lipinski definition) is 16. The molecule has 1 heterocycles. The molecule has 1 aromatic rings. The number of aliphatic carboxylic acids is 6. The first-order chi connectivity index (χ1) is 37.9. The average molecular weight is 1150 g/mol. The van der Waals surface area contributed by atoms with E-state index in [9.17, 15) is 86.6 Å². The smallest absolute Gasteiger partial charge is 0.447 e. The lowest BCUT2D eigenvalue weighted by molar-refractivity contribution is -0.143. The number of carbonyl (C=O) groups is 12. The minimum absolute atomic E-state index is 0.0300. The number of benzene rings is 1. The summed E-state index contributed by atoms with van der Waals surface area (Å²) >= 11 is 0.917. The summed E-state index contributed by atoms with van der Waals surface area (Å²) in [6.45, 7) is 1.31. The van der Waals surface area contributed by atoms with Crippen molar-refractivity contribution in [2.75, 3.05) is 78.5 Å². The molecule has 0 saturated carbocycles. The summed E-state index contributed by atoms with van der Waals surface area (Å²) in [6, 6.07) is -0.230. The molecule has 5 atom stereocenters. The van der Waals surface area contributed by atoms with Crippen molar-refractivity contribution >= 4 is 94.1 Å². The Hall–Kier alpha value is -7.73. The Morgan fingerprint density at radius 2 is 0.963 bits per heavy atom. The van der Waals surface area contributed by atoms with Gasteiger partial charge in [0, 0.05) is 84.6 Å². The van der Waals surface area contributed by atoms with Crippen LogP contribution in [0.25, 0.3) is 0 Å². The van der Waals surface area contributed by atoms with Gasteiger partial charge in [-0.05, 0) is 50.5 Å². The minimum Gasteiger partial charge on any atom is -0.481 e. The van der Waals surface area contributed by atoms with Crippen molar-refractivity contribution < 1.29 is 91.7 Å². The van der Waals surface area contributed by atoms with Gasteiger partial charge in [0.15, 0.2) is 5.96 Å². The summed E-state index contributed by atoms with van der Waals surface area (Å²) < 4.78 is 9.42. The van der Waals surface area contributed by atoms with E-state index in [1.54, 1.807) is 45.0 Å². The molecule has 17 N–H and O–H groups in total. The number of carboxylic acid groups (broad SMARTS) is 6. The van der Waals surface area contributed by atoms with Crippen molar-refractivity contribution in [1.82, 2.24) is 51.9 Å². The van der Waals surface area contributed by atoms with Crippen LogP contribution in [-0.4, -0.2) is 248 Å². The maximum absolute atomic E-state index is 14.0. The molecule has 2 rings (SSSR count). The molecular weight excluding hydrogens is 1080 g/mol. The van der Waals surface area contributed by atoms with Gasteiger partial charge in [0.2, 0.25) is 29.5 Å². The summed E-state index contributed by atoms with van der Waals surface area (Å²) in [5.41, 5.74) is 11.5. The minimum atomic E-state index is -1.67. The molecule has 1 aliphatic rings. The molecule has 2 unspecified atom stereocenters. The van der Waals surface area contributed by atoms with Crippen LogP contribution >= 0.6 is 0 Å². The quantitative estimate of drug-likeness (QED) is 0.0131. The van der Waals surface area contributed by atoms with E-state index in [1.165, 1.54) is 0 Å². The zero-order valence-electron chi connectivity index (χ0n) is 44.0. The average Bonchev–Trinajstić information content (AvgIpc) is 3.46. The van der Waals surface area contributed by atoms with Crippen LogP contribution in [0.5, 0.6) is 0 Å². The Kier molecular flexibility index (Phi) is 34.8. The summed E-state index contributed by atoms with van der Waals surface area (Å²) in [5, 5.41) is 73.1. The molecule has 2 radical (unpaired) electrons. The van der Waals surface area contributed by atoms with Crippen LogP contribution in [0.2, 0.25) is 0 Å². The van der Waals surface area contributed by atoms with Gasteiger partial charge in [-0.15, -0.1) is 0 Å². The number of urea groups is 1. The first kappa shape index (κ1) is 70.3. The molecule has 1 aromatic carbocycles. The maximum atomic E-state index is 14.0. The number of halogens is 1. The van der Waals surface area contributed by atoms with E-state index in [0.717, 1.165) is 16.7 Å². The van der Waals surface area contributed by atoms with Crippen molar-refractivity contribution in [3.05, 3.63) is 35.9 Å². The molecule has 0 aliphatic carbocycles. The largest absolute Gasteiger partial charge is 0.481 e. The lowest BCUT2D eigenvalue weighted by Gasteiger charge is -2.25. The second-order valence-corrected chi connectivity index (χ2v) is 18.2. The molecule has 0 aromatic heterocycles. The van der Waals surface area contributed by atoms with Crippen LogP contribution in [0.4, 0.5) is 8.32 Å². The van der Waals surface area contributed by atoms with Crippen LogP contribution in [0, 0.1) is 0 Å². The first-order valence-electron chi connectivity index (χ1n) is 25.2. The number of unbranched alkanes of at least 4 members (excludes halogenated alkanes) is 1. The number of hydrogen-bond donors (Lipinski definition) is 15. The Labute approximate surface area is 468 Å². The third-order valence-corrected chi connectivity index (χ3v) is 11.8. The standard InChI is InChI=1S/C47H73N13O18.Al.FH/c48-46(49)52-17-6-10-30(41(70)55-31(43(72)73)9-4-5-16-50-37(63)26-58-19-21-59(27-39(66)67)23-24-60(22-20-58)28-40(68)69)54-42(71)34(25-29-7-2-1-3-8-29)53-36(62)15-18-51-35(61)13-11-32(44(74)75)56-47(78)57-33(45(76)77)12-14-38(64)65;;/h1-3,7-8,30-34H,4-6,9-28H2,(H,50,63)(H,51,61)(H,53,62)(H,54,71)(H,55,70)(H,64,65)(H,66,67)(H,68,69)(H,72,73)(H,74,75)(H,76,77)(H4,48,49,52)(H2,56,57,78);;1H/q;+1;/p-1/t30-,31-,32?,33?,34-;;/m0../s1/i;;1-1. The van der Waals surface area contributed by atoms with Crippen LogP contribution in [0.3, 0.4) is 0 Å². The molecule has 33 heteroatoms. The second kappa shape index (κ2) is 39.6. The molecule has 0 bridgehead atoms. The van der Waals surface area contributed by atoms with Crippen molar-refractivity contribution in [2.45, 2.75) is 101 Å². The van der Waals surface area contributed by atoms with Gasteiger partial charge in [0.05, 0.1) is 19.6 Å². The van der Waals surface area contributed by atoms with Crippen molar-refractivity contribution in [2.24, 2.45) is 16.5 Å². The summed E-state index contributed by atoms with van der Waals surface area (Å²) in [7, 11) is 0. The van der Waals surface area contributed by atoms with Crippen LogP contribution in [0.15, 0.2) is 35.3 Å². The Morgan fingerprint density at radius 1 is 0.500 bits per heavy atom. The van der Waals surface area contributed by atoms with Gasteiger partial charge < -0.3 is 82.8 Å². The number of aliphatic imine (C=N–C) groups is 1. The molecule has 1 aliphatic heterocycles. The van der Waals surface area contributed by atoms with Crippen molar-refractivity contribution in [3.8, 4) is 0 Å². The fourth-order valence-electron chi connectivity index (χ4n) is 7.72. The Balaban J connectivity index is 0.0000158. The zero-order valence-corrected chi connectivity index (χ0v) is 45.2. The predicted molar refractivity (Wildman–Crippen MR) is 280 cm³/mol. The normalized spacial score (nSPS) is 14.8. The van der Waals surface area contributed by atoms with Gasteiger partial charge in [-0.25, -0.2) is 19.2 Å². The monoisotopic (exact) mass is 1150 g/mol. The highest BCUT2D eigenvalue weighted by molar-refractivity contribution is 5.96. The highest BCUT2D eigenvalue weighted by Crippen LogP contribution is 2.09. The highest BCUT2D eigenvalue weighted by atomic mass is 27.1. The van der Waals surface area contributed by atoms with Crippen LogP contribution in [-0.2, 0) is 59.2 Å². The number of nitrogens with one attached hydrogen (secondary N) is 7. The lowest BCUT2D eigenvalue weighted by atomic mass is 10.0. The topological polar surface area (TPSA) is 485 Å². The van der Waals surface area contributed by atoms with Crippen LogP contribution < -0.4 is 48.7 Å². The zero-order chi connectivity index (χ0) is 60.2. The summed E-state index contributed by atoms with van der Waals surface area (Å²) in [5.74, 6) is -11.7. The molecule has 0 spiro atoms. The predicted octanol–water partition coefficient (Wildman–Crippen LogP) is -4.41. The fraction of sp³-hybridized carbons (Fsp3) is 0.596. The maximum Gasteiger partial charge on any atom is 0.447 e. The number of nitrogens with zero attached hydrogens (tertiary/aromatic N) is 4. The molecule has 80 heavy (non-hydrogen) atoms. The molecule has 1 saturated heterocycles. The number of nitrogens with two attached hydrogens (primary N) is 2. The molecule has 31 nitrogen and oxygen atoms in total. The number of guanidine groups is 1. The summed E-state index contributed by atoms with van der Waals surface area (Å²) in [6.07, 6.45) is -2.03. The van der Waals surface area contributed by atoms with Gasteiger partial charge in [-0.3, -0.25) is 58.0 Å². The van der Waals surface area contributed by atoms with Crippen molar-refractivity contribution in [1.29, 1.82) is 0 Å². The molecular formula is C47H73AlFN13O18. The van der Waals surface area contributed by atoms with Gasteiger partial charge in [-0.1, -0.05) is 30.3 Å². The fourth-order valence-corrected chi connectivity index (χ4v) is 7.72. The molecule has 444 valence electrons. The van der Waals surface area contributed by atoms with E-state index in [2.05, 4.69) is 31.6 Å². The van der Waals surface area contributed by atoms with E-state index in [0.29, 0.717) is 51.3 Å². The SMILES string of the molecule is NC(N)=NCCC[C@H](NC(=O)[C@H](Cc1ccccc1)NC(=O)CCNC(=O)CCC(NC(=O)NC(CCC(=O)O)C(=O)O)C(=O)O)C(=O)N[C@@H](CCCCNC(=O)CN1CCN(CC(=O)O)CCN(CC(=O)O)CC1)C(=O)O.[18F][Al]. The number of amides is 7. The van der Waals surface area contributed by atoms with Crippen LogP contribution in [0.1, 0.15) is 69.8 Å². The van der Waals surface area contributed by atoms with E-state index < -0.39 is 128 Å². The lowest BCUT2D eigenvalue weighted by Crippen LogP contribution is -2.56. The first-order valence-corrected chi connectivity index (χ1v) is 25.7. The van der Waals surface area contributed by atoms with E-state index >= 15 is 0 Å². The van der Waals surface area contributed by atoms with Gasteiger partial charge in [0.25, 0.3) is 0 Å². The third kappa shape index (κ3) is 32.2. The van der Waals surface area contributed by atoms with E-state index in [1.807, 2.05) is 10.6 Å². The Bertz CT molecular complexity index is 2220. The van der Waals surface area contributed by atoms with E-state index in [-0.39, 0.29) is 83.2 Å². The Morgan fingerprint density at radius 3 is 1.46 bits per heavy atom. The van der Waals surface area contributed by atoms with Gasteiger partial charge >= 0.3 is 58.6 Å². The van der Waals surface area contributed by atoms with Crippen molar-refractivity contribution in [3.63, 3.8) is 0 Å². The summed E-state index contributed by atoms with van der Waals surface area (Å²) in [4.78, 5) is 157. The number of carboxylic acids is 6.